The van der Waals surface area contributed by atoms with E-state index in [9.17, 15) is 0 Å². The van der Waals surface area contributed by atoms with Crippen LogP contribution in [-0.2, 0) is 7.05 Å². The maximum Gasteiger partial charge on any atom is 0.136 e. The molecule has 0 radical (unpaired) electrons. The summed E-state index contributed by atoms with van der Waals surface area (Å²) >= 11 is 0. The molecular formula is C21H20FN5. The number of hydrogen-bond acceptors (Lipinski definition) is 3. The van der Waals surface area contributed by atoms with E-state index in [-0.39, 0.29) is 11.7 Å². The van der Waals surface area contributed by atoms with Crippen molar-refractivity contribution in [3.8, 4) is 11.3 Å². The van der Waals surface area contributed by atoms with Gasteiger partial charge < -0.3 is 4.98 Å². The van der Waals surface area contributed by atoms with Crippen LogP contribution in [0.15, 0.2) is 55.1 Å². The predicted molar refractivity (Wildman–Crippen MR) is 102 cm³/mol. The van der Waals surface area contributed by atoms with Gasteiger partial charge in [-0.2, -0.15) is 0 Å². The van der Waals surface area contributed by atoms with E-state index < -0.39 is 0 Å². The molecule has 4 aromatic rings. The molecular weight excluding hydrogens is 341 g/mol. The van der Waals surface area contributed by atoms with E-state index in [1.807, 2.05) is 24.3 Å². The van der Waals surface area contributed by atoms with Crippen LogP contribution in [0.1, 0.15) is 33.9 Å². The zero-order valence-electron chi connectivity index (χ0n) is 15.4. The lowest BCUT2D eigenvalue weighted by Gasteiger charge is -2.21. The van der Waals surface area contributed by atoms with E-state index in [2.05, 4.69) is 40.2 Å². The lowest BCUT2D eigenvalue weighted by Crippen LogP contribution is -2.10. The van der Waals surface area contributed by atoms with E-state index in [0.29, 0.717) is 16.8 Å². The number of nitrogens with one attached hydrogen (secondary N) is 1. The topological polar surface area (TPSA) is 59.4 Å². The van der Waals surface area contributed by atoms with Gasteiger partial charge in [0.1, 0.15) is 5.82 Å². The second-order valence-electron chi connectivity index (χ2n) is 6.68. The first-order valence-corrected chi connectivity index (χ1v) is 8.75. The van der Waals surface area contributed by atoms with Gasteiger partial charge in [0, 0.05) is 30.1 Å². The van der Waals surface area contributed by atoms with Crippen LogP contribution in [-0.4, -0.2) is 25.0 Å². The van der Waals surface area contributed by atoms with Gasteiger partial charge in [0.15, 0.2) is 0 Å². The second kappa shape index (κ2) is 6.79. The summed E-state index contributed by atoms with van der Waals surface area (Å²) in [4.78, 5) is 7.33. The Morgan fingerprint density at radius 1 is 1.04 bits per heavy atom. The minimum Gasteiger partial charge on any atom is -0.348 e. The summed E-state index contributed by atoms with van der Waals surface area (Å²) in [6.07, 6.45) is 4.95. The number of aryl methyl sites for hydroxylation is 2. The third-order valence-corrected chi connectivity index (χ3v) is 5.12. The molecule has 0 saturated heterocycles. The summed E-state index contributed by atoms with van der Waals surface area (Å²) in [6, 6.07) is 11.6. The summed E-state index contributed by atoms with van der Waals surface area (Å²) in [5, 5.41) is 7.80. The van der Waals surface area contributed by atoms with Crippen LogP contribution >= 0.6 is 0 Å². The lowest BCUT2D eigenvalue weighted by atomic mass is 9.84. The third-order valence-electron chi connectivity index (χ3n) is 5.12. The molecule has 1 atom stereocenters. The van der Waals surface area contributed by atoms with Gasteiger partial charge in [0.25, 0.3) is 0 Å². The van der Waals surface area contributed by atoms with Crippen molar-refractivity contribution in [2.75, 3.05) is 0 Å². The molecule has 2 heterocycles. The molecule has 0 aliphatic heterocycles. The van der Waals surface area contributed by atoms with Crippen molar-refractivity contribution in [3.63, 3.8) is 0 Å². The SMILES string of the molecule is Cc1cccc(C(c2cnc[nH]2)c2cccc(-c3cnnn3C)c2F)c1C. The van der Waals surface area contributed by atoms with Crippen molar-refractivity contribution >= 4 is 0 Å². The Morgan fingerprint density at radius 3 is 2.52 bits per heavy atom. The van der Waals surface area contributed by atoms with Crippen LogP contribution in [0.5, 0.6) is 0 Å². The Labute approximate surface area is 156 Å². The van der Waals surface area contributed by atoms with Crippen LogP contribution in [0.4, 0.5) is 4.39 Å². The van der Waals surface area contributed by atoms with Gasteiger partial charge in [-0.05, 0) is 36.6 Å². The molecule has 1 unspecified atom stereocenters. The molecule has 2 aromatic heterocycles. The number of benzene rings is 2. The average molecular weight is 361 g/mol. The number of imidazole rings is 1. The van der Waals surface area contributed by atoms with E-state index >= 15 is 4.39 Å². The zero-order chi connectivity index (χ0) is 19.0. The van der Waals surface area contributed by atoms with Crippen LogP contribution in [0.3, 0.4) is 0 Å². The molecule has 0 saturated carbocycles. The summed E-state index contributed by atoms with van der Waals surface area (Å²) in [6.45, 7) is 4.14. The summed E-state index contributed by atoms with van der Waals surface area (Å²) in [7, 11) is 1.76. The Morgan fingerprint density at radius 2 is 1.81 bits per heavy atom. The first-order chi connectivity index (χ1) is 13.1. The fourth-order valence-electron chi connectivity index (χ4n) is 3.52. The molecule has 0 amide bonds. The van der Waals surface area contributed by atoms with Crippen molar-refractivity contribution in [1.82, 2.24) is 25.0 Å². The van der Waals surface area contributed by atoms with Crippen LogP contribution in [0, 0.1) is 19.7 Å². The molecule has 136 valence electrons. The normalized spacial score (nSPS) is 12.3. The number of hydrogen-bond donors (Lipinski definition) is 1. The van der Waals surface area contributed by atoms with Crippen LogP contribution in [0.25, 0.3) is 11.3 Å². The van der Waals surface area contributed by atoms with E-state index in [1.165, 1.54) is 5.56 Å². The van der Waals surface area contributed by atoms with E-state index in [4.69, 9.17) is 0 Å². The summed E-state index contributed by atoms with van der Waals surface area (Å²) in [5.41, 5.74) is 5.93. The minimum absolute atomic E-state index is 0.275. The molecule has 0 aliphatic rings. The maximum atomic E-state index is 15.7. The lowest BCUT2D eigenvalue weighted by molar-refractivity contribution is 0.605. The van der Waals surface area contributed by atoms with Gasteiger partial charge in [-0.3, -0.25) is 0 Å². The smallest absolute Gasteiger partial charge is 0.136 e. The highest BCUT2D eigenvalue weighted by Crippen LogP contribution is 2.37. The molecule has 27 heavy (non-hydrogen) atoms. The highest BCUT2D eigenvalue weighted by atomic mass is 19.1. The highest BCUT2D eigenvalue weighted by Gasteiger charge is 2.25. The Balaban J connectivity index is 1.95. The second-order valence-corrected chi connectivity index (χ2v) is 6.68. The number of aromatic nitrogens is 5. The maximum absolute atomic E-state index is 15.7. The number of nitrogens with zero attached hydrogens (tertiary/aromatic N) is 4. The standard InChI is InChI=1S/C21H20FN5/c1-13-6-4-7-15(14(13)2)20(18-10-23-12-24-18)17-9-5-8-16(21(17)22)19-11-25-26-27(19)3/h4-12,20H,1-3H3,(H,23,24). The average Bonchev–Trinajstić information content (AvgIpc) is 3.32. The van der Waals surface area contributed by atoms with E-state index in [0.717, 1.165) is 16.8 Å². The largest absolute Gasteiger partial charge is 0.348 e. The summed E-state index contributed by atoms with van der Waals surface area (Å²) < 4.78 is 17.2. The minimum atomic E-state index is -0.284. The van der Waals surface area contributed by atoms with Crippen LogP contribution < -0.4 is 0 Å². The van der Waals surface area contributed by atoms with Crippen molar-refractivity contribution in [2.45, 2.75) is 19.8 Å². The molecule has 6 heteroatoms. The van der Waals surface area contributed by atoms with Gasteiger partial charge in [-0.25, -0.2) is 14.1 Å². The first kappa shape index (κ1) is 17.1. The Hall–Kier alpha value is -3.28. The number of rotatable bonds is 4. The number of aromatic amines is 1. The molecule has 0 bridgehead atoms. The van der Waals surface area contributed by atoms with Gasteiger partial charge >= 0.3 is 0 Å². The molecule has 0 spiro atoms. The predicted octanol–water partition coefficient (Wildman–Crippen LogP) is 4.14. The van der Waals surface area contributed by atoms with Gasteiger partial charge in [-0.1, -0.05) is 35.5 Å². The Kier molecular flexibility index (Phi) is 4.32. The van der Waals surface area contributed by atoms with Gasteiger partial charge in [0.05, 0.1) is 24.1 Å². The molecule has 1 N–H and O–H groups in total. The molecule has 0 aliphatic carbocycles. The number of H-pyrrole nitrogens is 1. The molecule has 5 nitrogen and oxygen atoms in total. The van der Waals surface area contributed by atoms with Crippen molar-refractivity contribution in [2.24, 2.45) is 7.05 Å². The first-order valence-electron chi connectivity index (χ1n) is 8.75. The monoisotopic (exact) mass is 361 g/mol. The quantitative estimate of drug-likeness (QED) is 0.594. The Bertz CT molecular complexity index is 1080. The highest BCUT2D eigenvalue weighted by molar-refractivity contribution is 5.62. The zero-order valence-corrected chi connectivity index (χ0v) is 15.4. The number of halogens is 1. The molecule has 4 rings (SSSR count). The molecule has 0 fully saturated rings. The van der Waals surface area contributed by atoms with Crippen molar-refractivity contribution in [1.29, 1.82) is 0 Å². The third kappa shape index (κ3) is 2.93. The fourth-order valence-corrected chi connectivity index (χ4v) is 3.52. The summed E-state index contributed by atoms with van der Waals surface area (Å²) in [5.74, 6) is -0.558. The van der Waals surface area contributed by atoms with Gasteiger partial charge in [0.2, 0.25) is 0 Å². The fraction of sp³-hybridized carbons (Fsp3) is 0.190. The van der Waals surface area contributed by atoms with E-state index in [1.54, 1.807) is 36.5 Å². The molecule has 2 aromatic carbocycles. The van der Waals surface area contributed by atoms with Gasteiger partial charge in [-0.15, -0.1) is 5.10 Å². The van der Waals surface area contributed by atoms with Crippen molar-refractivity contribution in [3.05, 3.63) is 88.9 Å². The van der Waals surface area contributed by atoms with Crippen LogP contribution in [0.2, 0.25) is 0 Å². The van der Waals surface area contributed by atoms with Crippen molar-refractivity contribution < 1.29 is 4.39 Å².